The van der Waals surface area contributed by atoms with Crippen molar-refractivity contribution in [3.05, 3.63) is 59.9 Å². The number of anilines is 2. The van der Waals surface area contributed by atoms with Crippen molar-refractivity contribution in [1.82, 2.24) is 9.97 Å². The van der Waals surface area contributed by atoms with Crippen LogP contribution in [0.2, 0.25) is 0 Å². The predicted molar refractivity (Wildman–Crippen MR) is 109 cm³/mol. The van der Waals surface area contributed by atoms with Crippen LogP contribution in [-0.4, -0.2) is 21.0 Å². The fourth-order valence-corrected chi connectivity index (χ4v) is 2.51. The van der Waals surface area contributed by atoms with Crippen LogP contribution in [0.25, 0.3) is 0 Å². The molecular formula is C22H29N3O2. The highest BCUT2D eigenvalue weighted by Gasteiger charge is 2.25. The van der Waals surface area contributed by atoms with Crippen LogP contribution in [0.1, 0.15) is 62.8 Å². The van der Waals surface area contributed by atoms with Crippen molar-refractivity contribution < 1.29 is 9.90 Å². The van der Waals surface area contributed by atoms with Crippen LogP contribution < -0.4 is 5.32 Å². The largest absolute Gasteiger partial charge is 0.481 e. The Kier molecular flexibility index (Phi) is 8.49. The minimum atomic E-state index is -0.757. The molecule has 1 aromatic carbocycles. The number of aliphatic carboxylic acids is 1. The molecule has 3 rings (SSSR count). The Morgan fingerprint density at radius 1 is 1.22 bits per heavy atom. The molecule has 1 fully saturated rings. The van der Waals surface area contributed by atoms with E-state index in [0.29, 0.717) is 11.9 Å². The van der Waals surface area contributed by atoms with Crippen molar-refractivity contribution in [2.75, 3.05) is 5.32 Å². The number of para-hydroxylation sites is 1. The second-order valence-corrected chi connectivity index (χ2v) is 6.73. The van der Waals surface area contributed by atoms with Gasteiger partial charge in [0.2, 0.25) is 5.95 Å². The average molecular weight is 367 g/mol. The van der Waals surface area contributed by atoms with Crippen molar-refractivity contribution in [1.29, 1.82) is 0 Å². The summed E-state index contributed by atoms with van der Waals surface area (Å²) in [5.74, 6) is 0.610. The van der Waals surface area contributed by atoms with E-state index < -0.39 is 5.97 Å². The molecule has 0 radical (unpaired) electrons. The van der Waals surface area contributed by atoms with Crippen molar-refractivity contribution in [3.63, 3.8) is 0 Å². The number of allylic oxidation sites excluding steroid dienone is 1. The summed E-state index contributed by atoms with van der Waals surface area (Å²) in [6.45, 7) is 4.13. The van der Waals surface area contributed by atoms with E-state index in [0.717, 1.165) is 30.6 Å². The van der Waals surface area contributed by atoms with Gasteiger partial charge in [0.1, 0.15) is 0 Å². The number of rotatable bonds is 8. The summed E-state index contributed by atoms with van der Waals surface area (Å²) in [4.78, 5) is 19.0. The van der Waals surface area contributed by atoms with Crippen molar-refractivity contribution in [3.8, 4) is 0 Å². The van der Waals surface area contributed by atoms with E-state index in [1.807, 2.05) is 43.3 Å². The van der Waals surface area contributed by atoms with Gasteiger partial charge in [0, 0.05) is 23.0 Å². The number of carbonyl (C=O) groups is 1. The second kappa shape index (κ2) is 11.1. The number of aromatic nitrogens is 2. The van der Waals surface area contributed by atoms with Gasteiger partial charge in [-0.05, 0) is 44.4 Å². The number of aryl methyl sites for hydroxylation is 1. The summed E-state index contributed by atoms with van der Waals surface area (Å²) < 4.78 is 0. The van der Waals surface area contributed by atoms with Crippen LogP contribution in [0, 0.1) is 6.92 Å². The van der Waals surface area contributed by atoms with Gasteiger partial charge in [0.25, 0.3) is 0 Å². The minimum Gasteiger partial charge on any atom is -0.481 e. The van der Waals surface area contributed by atoms with Gasteiger partial charge in [-0.15, -0.1) is 0 Å². The van der Waals surface area contributed by atoms with Crippen LogP contribution >= 0.6 is 0 Å². The molecule has 1 heterocycles. The van der Waals surface area contributed by atoms with Crippen molar-refractivity contribution in [2.45, 2.75) is 58.3 Å². The zero-order valence-electron chi connectivity index (χ0n) is 16.2. The van der Waals surface area contributed by atoms with E-state index in [4.69, 9.17) is 5.11 Å². The highest BCUT2D eigenvalue weighted by molar-refractivity contribution is 5.68. The number of hydrogen-bond acceptors (Lipinski definition) is 4. The molecule has 0 saturated heterocycles. The maximum atomic E-state index is 9.98. The fourth-order valence-electron chi connectivity index (χ4n) is 2.51. The highest BCUT2D eigenvalue weighted by atomic mass is 16.4. The summed E-state index contributed by atoms with van der Waals surface area (Å²) >= 11 is 0. The van der Waals surface area contributed by atoms with E-state index in [1.165, 1.54) is 18.5 Å². The van der Waals surface area contributed by atoms with Gasteiger partial charge in [0.15, 0.2) is 0 Å². The quantitative estimate of drug-likeness (QED) is 0.468. The van der Waals surface area contributed by atoms with E-state index in [-0.39, 0.29) is 6.42 Å². The van der Waals surface area contributed by atoms with Gasteiger partial charge in [-0.1, -0.05) is 50.1 Å². The average Bonchev–Trinajstić information content (AvgIpc) is 3.47. The van der Waals surface area contributed by atoms with Crippen LogP contribution in [0.15, 0.2) is 48.6 Å². The molecule has 0 amide bonds. The molecule has 2 N–H and O–H groups in total. The van der Waals surface area contributed by atoms with Gasteiger partial charge in [-0.3, -0.25) is 4.79 Å². The maximum Gasteiger partial charge on any atom is 0.307 e. The van der Waals surface area contributed by atoms with E-state index >= 15 is 0 Å². The molecule has 5 heteroatoms. The lowest BCUT2D eigenvalue weighted by molar-refractivity contribution is -0.136. The van der Waals surface area contributed by atoms with E-state index in [1.54, 1.807) is 6.08 Å². The number of nitrogens with zero attached hydrogens (tertiary/aromatic N) is 2. The molecule has 144 valence electrons. The standard InChI is InChI=1S/C14H15N3.C8H14O2/c1-10-9-13(11-7-8-11)17-14(15-10)16-12-5-3-2-4-6-12;1-2-3-4-5-6-7-8(9)10/h2-6,9,11H,7-8H2,1H3,(H,15,16,17);5-6H,2-4,7H2,1H3,(H,9,10)/b;6-5+. The highest BCUT2D eigenvalue weighted by Crippen LogP contribution is 2.39. The number of benzene rings is 1. The Hall–Kier alpha value is -2.69. The molecule has 1 aliphatic rings. The summed E-state index contributed by atoms with van der Waals surface area (Å²) in [7, 11) is 0. The first-order valence-corrected chi connectivity index (χ1v) is 9.63. The number of unbranched alkanes of at least 4 members (excludes halogenated alkanes) is 2. The Balaban J connectivity index is 0.000000227. The summed E-state index contributed by atoms with van der Waals surface area (Å²) in [6.07, 6.45) is 9.64. The Labute approximate surface area is 161 Å². The first-order valence-electron chi connectivity index (χ1n) is 9.63. The van der Waals surface area contributed by atoms with Gasteiger partial charge in [0.05, 0.1) is 6.42 Å². The number of hydrogen-bond donors (Lipinski definition) is 2. The number of carboxylic acid groups (broad SMARTS) is 1. The first-order chi connectivity index (χ1) is 13.1. The van der Waals surface area contributed by atoms with Crippen molar-refractivity contribution >= 4 is 17.6 Å². The predicted octanol–water partition coefficient (Wildman–Crippen LogP) is 5.61. The molecule has 0 bridgehead atoms. The molecule has 0 atom stereocenters. The van der Waals surface area contributed by atoms with Crippen LogP contribution in [0.5, 0.6) is 0 Å². The lowest BCUT2D eigenvalue weighted by Gasteiger charge is -2.07. The lowest BCUT2D eigenvalue weighted by atomic mass is 10.2. The molecule has 27 heavy (non-hydrogen) atoms. The van der Waals surface area contributed by atoms with Crippen LogP contribution in [0.4, 0.5) is 11.6 Å². The summed E-state index contributed by atoms with van der Waals surface area (Å²) in [5.41, 5.74) is 3.23. The van der Waals surface area contributed by atoms with Crippen LogP contribution in [-0.2, 0) is 4.79 Å². The Morgan fingerprint density at radius 3 is 2.59 bits per heavy atom. The van der Waals surface area contributed by atoms with E-state index in [2.05, 4.69) is 28.3 Å². The molecule has 1 aromatic heterocycles. The zero-order valence-corrected chi connectivity index (χ0v) is 16.2. The minimum absolute atomic E-state index is 0.156. The molecule has 0 spiro atoms. The topological polar surface area (TPSA) is 75.1 Å². The number of nitrogens with one attached hydrogen (secondary N) is 1. The molecule has 1 saturated carbocycles. The third kappa shape index (κ3) is 8.49. The maximum absolute atomic E-state index is 9.98. The SMILES string of the molecule is CCCC/C=C/CC(=O)O.Cc1cc(C2CC2)nc(Nc2ccccc2)n1. The lowest BCUT2D eigenvalue weighted by Crippen LogP contribution is -2.01. The Morgan fingerprint density at radius 2 is 1.96 bits per heavy atom. The molecular weight excluding hydrogens is 338 g/mol. The smallest absolute Gasteiger partial charge is 0.307 e. The van der Waals surface area contributed by atoms with Gasteiger partial charge in [-0.25, -0.2) is 9.97 Å². The van der Waals surface area contributed by atoms with Crippen LogP contribution in [0.3, 0.4) is 0 Å². The summed E-state index contributed by atoms with van der Waals surface area (Å²) in [6, 6.07) is 12.1. The Bertz CT molecular complexity index is 740. The van der Waals surface area contributed by atoms with E-state index in [9.17, 15) is 4.79 Å². The summed E-state index contributed by atoms with van der Waals surface area (Å²) in [5, 5.41) is 11.5. The normalized spacial score (nSPS) is 13.1. The van der Waals surface area contributed by atoms with Gasteiger partial charge < -0.3 is 10.4 Å². The zero-order chi connectivity index (χ0) is 19.5. The third-order valence-electron chi connectivity index (χ3n) is 4.08. The fraction of sp³-hybridized carbons (Fsp3) is 0.409. The molecule has 0 aliphatic heterocycles. The molecule has 5 nitrogen and oxygen atoms in total. The third-order valence-corrected chi connectivity index (χ3v) is 4.08. The second-order valence-electron chi connectivity index (χ2n) is 6.73. The first kappa shape index (κ1) is 20.6. The molecule has 2 aromatic rings. The molecule has 0 unspecified atom stereocenters. The molecule has 1 aliphatic carbocycles. The monoisotopic (exact) mass is 367 g/mol. The van der Waals surface area contributed by atoms with Crippen molar-refractivity contribution in [2.24, 2.45) is 0 Å². The van der Waals surface area contributed by atoms with Gasteiger partial charge >= 0.3 is 5.97 Å². The number of carboxylic acids is 1. The van der Waals surface area contributed by atoms with Gasteiger partial charge in [-0.2, -0.15) is 0 Å².